The molecule has 5 aliphatic rings. The molecule has 1 saturated carbocycles. The topological polar surface area (TPSA) is 126 Å². The predicted octanol–water partition coefficient (Wildman–Crippen LogP) is 5.35. The van der Waals surface area contributed by atoms with Gasteiger partial charge in [-0.3, -0.25) is 4.79 Å². The molecule has 0 unspecified atom stereocenters. The van der Waals surface area contributed by atoms with Crippen LogP contribution in [-0.2, 0) is 37.7 Å². The lowest BCUT2D eigenvalue weighted by Crippen LogP contribution is -2.56. The number of epoxide rings is 2. The van der Waals surface area contributed by atoms with Crippen LogP contribution in [0.5, 0.6) is 0 Å². The lowest BCUT2D eigenvalue weighted by atomic mass is 9.65. The van der Waals surface area contributed by atoms with Crippen molar-refractivity contribution in [2.24, 2.45) is 5.92 Å². The summed E-state index contributed by atoms with van der Waals surface area (Å²) in [5.41, 5.74) is -0.558. The van der Waals surface area contributed by atoms with Crippen LogP contribution in [0.25, 0.3) is 0 Å². The molecule has 4 fully saturated rings. The number of furan rings is 1. The van der Waals surface area contributed by atoms with E-state index in [1.807, 2.05) is 6.92 Å². The number of ether oxygens (including phenoxy) is 5. The Bertz CT molecular complexity index is 1260. The molecule has 42 heavy (non-hydrogen) atoms. The molecule has 0 spiro atoms. The Hall–Kier alpha value is -2.21. The van der Waals surface area contributed by atoms with Crippen LogP contribution < -0.4 is 0 Å². The summed E-state index contributed by atoms with van der Waals surface area (Å²) >= 11 is 0. The average molecular weight is 605 g/mol. The van der Waals surface area contributed by atoms with E-state index in [0.29, 0.717) is 53.0 Å². The van der Waals surface area contributed by atoms with Gasteiger partial charge in [0.2, 0.25) is 13.9 Å². The van der Waals surface area contributed by atoms with Gasteiger partial charge in [-0.25, -0.2) is 9.59 Å². The Labute approximate surface area is 248 Å². The maximum Gasteiger partial charge on any atom is 0.345 e. The van der Waals surface area contributed by atoms with Crippen molar-refractivity contribution in [3.8, 4) is 0 Å². The predicted molar refractivity (Wildman–Crippen MR) is 151 cm³/mol. The molecule has 6 rings (SSSR count). The van der Waals surface area contributed by atoms with Crippen molar-refractivity contribution in [2.75, 3.05) is 7.11 Å². The highest BCUT2D eigenvalue weighted by Gasteiger charge is 2.79. The summed E-state index contributed by atoms with van der Waals surface area (Å²) < 4.78 is 42.8. The van der Waals surface area contributed by atoms with E-state index in [2.05, 4.69) is 41.5 Å². The Morgan fingerprint density at radius 3 is 2.29 bits per heavy atom. The Morgan fingerprint density at radius 2 is 1.71 bits per heavy atom. The first-order valence-corrected chi connectivity index (χ1v) is 17.5. The second-order valence-electron chi connectivity index (χ2n) is 14.0. The second-order valence-corrected chi connectivity index (χ2v) is 19.4. The van der Waals surface area contributed by atoms with Crippen LogP contribution in [-0.4, -0.2) is 69.0 Å². The molecule has 3 saturated heterocycles. The molecule has 0 N–H and O–H groups in total. The van der Waals surface area contributed by atoms with Crippen LogP contribution in [0.15, 0.2) is 10.5 Å². The molecular weight excluding hydrogens is 560 g/mol. The molecule has 0 amide bonds. The van der Waals surface area contributed by atoms with Crippen LogP contribution >= 0.6 is 0 Å². The first-order chi connectivity index (χ1) is 19.7. The van der Waals surface area contributed by atoms with E-state index in [4.69, 9.17) is 32.5 Å². The van der Waals surface area contributed by atoms with E-state index < -0.39 is 61.8 Å². The van der Waals surface area contributed by atoms with Crippen LogP contribution in [0.2, 0.25) is 16.6 Å². The van der Waals surface area contributed by atoms with Crippen molar-refractivity contribution in [1.29, 1.82) is 0 Å². The van der Waals surface area contributed by atoms with Crippen LogP contribution in [0.3, 0.4) is 0 Å². The standard InChI is InChI=1S/C31H44O10Si/c1-14(2)42(15(3)4,16(5)6)41-21-10-19-18(21)12-24(36-17(7)32)31-27(40-31)23(38-29(31)34)13-30(8)26(39-30)22-11-20(25(19)37-22)28(33)35-9/h11,14-16,18-19,21,23-24,26-27H,10,12-13H2,1-9H3/t18-,19+,21+,23+,24-,26-,27+,30+,31+/m1/s1. The van der Waals surface area contributed by atoms with Crippen molar-refractivity contribution in [3.05, 3.63) is 23.2 Å². The molecule has 11 heteroatoms. The van der Waals surface area contributed by atoms with Crippen LogP contribution in [0.1, 0.15) is 109 Å². The summed E-state index contributed by atoms with van der Waals surface area (Å²) in [5, 5.41) is 0. The summed E-state index contributed by atoms with van der Waals surface area (Å²) in [4.78, 5) is 38.8. The van der Waals surface area contributed by atoms with E-state index in [1.165, 1.54) is 14.0 Å². The Morgan fingerprint density at radius 1 is 1.05 bits per heavy atom. The van der Waals surface area contributed by atoms with E-state index >= 15 is 0 Å². The zero-order chi connectivity index (χ0) is 30.5. The highest BCUT2D eigenvalue weighted by molar-refractivity contribution is 6.77. The number of rotatable bonds is 7. The van der Waals surface area contributed by atoms with Gasteiger partial charge in [-0.1, -0.05) is 41.5 Å². The van der Waals surface area contributed by atoms with Crippen molar-refractivity contribution in [3.63, 3.8) is 0 Å². The molecule has 1 aliphatic carbocycles. The monoisotopic (exact) mass is 604 g/mol. The molecule has 0 aromatic carbocycles. The summed E-state index contributed by atoms with van der Waals surface area (Å²) in [7, 11) is -0.946. The normalized spacial score (nSPS) is 38.3. The van der Waals surface area contributed by atoms with Gasteiger partial charge >= 0.3 is 17.9 Å². The third kappa shape index (κ3) is 4.24. The number of carbonyl (C=O) groups is 3. The zero-order valence-electron chi connectivity index (χ0n) is 26.1. The number of fused-ring (bicyclic) bond motifs is 6. The highest BCUT2D eigenvalue weighted by atomic mass is 28.4. The Balaban J connectivity index is 1.45. The minimum atomic E-state index is -2.30. The molecule has 232 valence electrons. The highest BCUT2D eigenvalue weighted by Crippen LogP contribution is 2.62. The van der Waals surface area contributed by atoms with E-state index in [0.717, 1.165) is 0 Å². The smallest absolute Gasteiger partial charge is 0.345 e. The fraction of sp³-hybridized carbons (Fsp3) is 0.774. The van der Waals surface area contributed by atoms with Crippen LogP contribution in [0.4, 0.5) is 0 Å². The summed E-state index contributed by atoms with van der Waals surface area (Å²) in [6.07, 6.45) is -1.21. The quantitative estimate of drug-likeness (QED) is 0.174. The molecule has 4 bridgehead atoms. The molecule has 1 aromatic heterocycles. The van der Waals surface area contributed by atoms with Gasteiger partial charge in [0.25, 0.3) is 0 Å². The molecule has 9 atom stereocenters. The van der Waals surface area contributed by atoms with Gasteiger partial charge in [0.05, 0.1) is 7.11 Å². The van der Waals surface area contributed by atoms with Crippen molar-refractivity contribution < 1.29 is 46.9 Å². The van der Waals surface area contributed by atoms with Gasteiger partial charge in [0, 0.05) is 25.4 Å². The minimum absolute atomic E-state index is 0.180. The Kier molecular flexibility index (Phi) is 7.04. The van der Waals surface area contributed by atoms with Crippen molar-refractivity contribution in [2.45, 2.75) is 139 Å². The average Bonchev–Trinajstić information content (AvgIpc) is 3.72. The largest absolute Gasteiger partial charge is 0.465 e. The lowest BCUT2D eigenvalue weighted by Gasteiger charge is -2.52. The summed E-state index contributed by atoms with van der Waals surface area (Å²) in [6.45, 7) is 16.7. The van der Waals surface area contributed by atoms with E-state index in [1.54, 1.807) is 6.07 Å². The van der Waals surface area contributed by atoms with E-state index in [9.17, 15) is 14.4 Å². The maximum absolute atomic E-state index is 13.4. The number of hydrogen-bond acceptors (Lipinski definition) is 10. The van der Waals surface area contributed by atoms with Crippen molar-refractivity contribution in [1.82, 2.24) is 0 Å². The van der Waals surface area contributed by atoms with Gasteiger partial charge in [0.15, 0.2) is 0 Å². The fourth-order valence-corrected chi connectivity index (χ4v) is 14.2. The molecule has 4 aliphatic heterocycles. The molecule has 10 nitrogen and oxygen atoms in total. The SMILES string of the molecule is COC(=O)c1cc2oc1[C@H]1C[C@H](O[Si](C(C)C)(C(C)C)C(C)C)[C@@H]1C[C@@H](OC(C)=O)[C@]13O[C@H]1[C@H](C[C@]1(C)O[C@H]21)OC3=O. The summed E-state index contributed by atoms with van der Waals surface area (Å²) in [5.74, 6) is -0.829. The summed E-state index contributed by atoms with van der Waals surface area (Å²) in [6, 6.07) is 1.73. The lowest BCUT2D eigenvalue weighted by molar-refractivity contribution is -0.167. The van der Waals surface area contributed by atoms with Crippen LogP contribution in [0, 0.1) is 5.92 Å². The molecule has 0 radical (unpaired) electrons. The molecule has 1 aromatic rings. The van der Waals surface area contributed by atoms with Gasteiger partial charge in [0.1, 0.15) is 47.1 Å². The first-order valence-electron chi connectivity index (χ1n) is 15.3. The van der Waals surface area contributed by atoms with Gasteiger partial charge in [-0.05, 0) is 48.4 Å². The van der Waals surface area contributed by atoms with Gasteiger partial charge in [-0.2, -0.15) is 0 Å². The number of methoxy groups -OCH3 is 1. The molecular formula is C31H44O10Si. The van der Waals surface area contributed by atoms with Gasteiger partial charge < -0.3 is 32.5 Å². The van der Waals surface area contributed by atoms with Crippen molar-refractivity contribution >= 4 is 26.2 Å². The second kappa shape index (κ2) is 9.90. The molecule has 5 heterocycles. The third-order valence-corrected chi connectivity index (χ3v) is 16.8. The third-order valence-electron chi connectivity index (χ3n) is 10.7. The van der Waals surface area contributed by atoms with Gasteiger partial charge in [-0.15, -0.1) is 0 Å². The number of hydrogen-bond donors (Lipinski definition) is 0. The maximum atomic E-state index is 13.4. The first kappa shape index (κ1) is 29.8. The minimum Gasteiger partial charge on any atom is -0.465 e. The fourth-order valence-electron chi connectivity index (χ4n) is 8.62. The number of carbonyl (C=O) groups excluding carboxylic acids is 3. The van der Waals surface area contributed by atoms with E-state index in [-0.39, 0.29) is 17.9 Å². The zero-order valence-corrected chi connectivity index (χ0v) is 27.1. The number of esters is 3.